The van der Waals surface area contributed by atoms with Crippen molar-refractivity contribution in [3.63, 3.8) is 0 Å². The molecule has 1 aromatic heterocycles. The van der Waals surface area contributed by atoms with Crippen LogP contribution in [-0.4, -0.2) is 43.9 Å². The molecule has 1 aromatic carbocycles. The fourth-order valence-electron chi connectivity index (χ4n) is 2.59. The van der Waals surface area contributed by atoms with Crippen LogP contribution in [-0.2, 0) is 10.0 Å². The van der Waals surface area contributed by atoms with Crippen LogP contribution in [0.3, 0.4) is 0 Å². The van der Waals surface area contributed by atoms with Gasteiger partial charge in [0.25, 0.3) is 0 Å². The number of piperazine rings is 1. The molecular formula is C16H15FN4O2S. The Labute approximate surface area is 139 Å². The molecule has 3 rings (SSSR count). The third-order valence-corrected chi connectivity index (χ3v) is 5.77. The van der Waals surface area contributed by atoms with Crippen molar-refractivity contribution in [2.45, 2.75) is 4.90 Å². The number of hydrogen-bond donors (Lipinski definition) is 0. The van der Waals surface area contributed by atoms with Gasteiger partial charge in [0.05, 0.1) is 16.5 Å². The van der Waals surface area contributed by atoms with E-state index in [1.54, 1.807) is 18.3 Å². The maximum absolute atomic E-state index is 13.3. The second-order valence-corrected chi connectivity index (χ2v) is 7.30. The molecule has 2 heterocycles. The second kappa shape index (κ2) is 6.55. The summed E-state index contributed by atoms with van der Waals surface area (Å²) in [6.07, 6.45) is 1.56. The van der Waals surface area contributed by atoms with Gasteiger partial charge in [0.15, 0.2) is 0 Å². The van der Waals surface area contributed by atoms with Crippen LogP contribution in [0.25, 0.3) is 0 Å². The second-order valence-electron chi connectivity index (χ2n) is 5.36. The first-order valence-electron chi connectivity index (χ1n) is 7.37. The molecule has 1 fully saturated rings. The van der Waals surface area contributed by atoms with Crippen LogP contribution in [0.4, 0.5) is 10.2 Å². The topological polar surface area (TPSA) is 77.3 Å². The van der Waals surface area contributed by atoms with E-state index in [0.29, 0.717) is 24.5 Å². The molecule has 0 spiro atoms. The number of pyridine rings is 1. The molecule has 24 heavy (non-hydrogen) atoms. The van der Waals surface area contributed by atoms with Crippen molar-refractivity contribution in [2.24, 2.45) is 0 Å². The first-order chi connectivity index (χ1) is 11.5. The summed E-state index contributed by atoms with van der Waals surface area (Å²) in [4.78, 5) is 6.11. The van der Waals surface area contributed by atoms with Crippen LogP contribution in [0.1, 0.15) is 5.56 Å². The molecule has 0 unspecified atom stereocenters. The summed E-state index contributed by atoms with van der Waals surface area (Å²) in [5.41, 5.74) is 0.509. The van der Waals surface area contributed by atoms with Gasteiger partial charge >= 0.3 is 0 Å². The molecule has 0 saturated carbocycles. The zero-order valence-electron chi connectivity index (χ0n) is 12.8. The summed E-state index contributed by atoms with van der Waals surface area (Å²) in [5.74, 6) is 0.0732. The van der Waals surface area contributed by atoms with Gasteiger partial charge in [-0.3, -0.25) is 0 Å². The maximum Gasteiger partial charge on any atom is 0.243 e. The SMILES string of the molecule is N#Cc1ccnc(N2CCN(S(=O)(=O)c3cccc(F)c3)CC2)c1. The van der Waals surface area contributed by atoms with E-state index in [1.807, 2.05) is 4.90 Å². The van der Waals surface area contributed by atoms with Crippen LogP contribution in [0.2, 0.25) is 0 Å². The molecular weight excluding hydrogens is 331 g/mol. The first-order valence-corrected chi connectivity index (χ1v) is 8.81. The van der Waals surface area contributed by atoms with Gasteiger partial charge in [-0.1, -0.05) is 6.07 Å². The Balaban J connectivity index is 1.74. The van der Waals surface area contributed by atoms with Crippen molar-refractivity contribution in [3.8, 4) is 6.07 Å². The van der Waals surface area contributed by atoms with E-state index < -0.39 is 15.8 Å². The highest BCUT2D eigenvalue weighted by Gasteiger charge is 2.29. The van der Waals surface area contributed by atoms with Crippen LogP contribution < -0.4 is 4.90 Å². The Hall–Kier alpha value is -2.50. The molecule has 124 valence electrons. The predicted molar refractivity (Wildman–Crippen MR) is 86.3 cm³/mol. The Morgan fingerprint density at radius 2 is 1.88 bits per heavy atom. The van der Waals surface area contributed by atoms with E-state index in [0.717, 1.165) is 6.07 Å². The summed E-state index contributed by atoms with van der Waals surface area (Å²) < 4.78 is 39.8. The van der Waals surface area contributed by atoms with Crippen LogP contribution >= 0.6 is 0 Å². The molecule has 0 amide bonds. The molecule has 8 heteroatoms. The number of benzene rings is 1. The monoisotopic (exact) mass is 346 g/mol. The van der Waals surface area contributed by atoms with E-state index in [2.05, 4.69) is 11.1 Å². The fraction of sp³-hybridized carbons (Fsp3) is 0.250. The highest BCUT2D eigenvalue weighted by Crippen LogP contribution is 2.21. The maximum atomic E-state index is 13.3. The first kappa shape index (κ1) is 16.4. The van der Waals surface area contributed by atoms with Crippen LogP contribution in [0.15, 0.2) is 47.5 Å². The van der Waals surface area contributed by atoms with E-state index in [1.165, 1.54) is 22.5 Å². The summed E-state index contributed by atoms with van der Waals surface area (Å²) >= 11 is 0. The Morgan fingerprint density at radius 3 is 2.54 bits per heavy atom. The van der Waals surface area contributed by atoms with Gasteiger partial charge in [0.2, 0.25) is 10.0 Å². The number of halogens is 1. The molecule has 6 nitrogen and oxygen atoms in total. The Morgan fingerprint density at radius 1 is 1.12 bits per heavy atom. The number of rotatable bonds is 3. The van der Waals surface area contributed by atoms with Crippen molar-refractivity contribution in [2.75, 3.05) is 31.1 Å². The average Bonchev–Trinajstić information content (AvgIpc) is 2.62. The van der Waals surface area contributed by atoms with Gasteiger partial charge in [-0.15, -0.1) is 0 Å². The third kappa shape index (κ3) is 3.22. The lowest BCUT2D eigenvalue weighted by Gasteiger charge is -2.34. The van der Waals surface area contributed by atoms with Crippen molar-refractivity contribution < 1.29 is 12.8 Å². The van der Waals surface area contributed by atoms with Gasteiger partial charge < -0.3 is 4.90 Å². The van der Waals surface area contributed by atoms with Crippen molar-refractivity contribution >= 4 is 15.8 Å². The summed E-state index contributed by atoms with van der Waals surface area (Å²) in [7, 11) is -3.71. The van der Waals surface area contributed by atoms with Gasteiger partial charge in [-0.2, -0.15) is 9.57 Å². The molecule has 0 aliphatic carbocycles. The van der Waals surface area contributed by atoms with Crippen molar-refractivity contribution in [1.82, 2.24) is 9.29 Å². The number of anilines is 1. The summed E-state index contributed by atoms with van der Waals surface area (Å²) in [6.45, 7) is 1.46. The zero-order chi connectivity index (χ0) is 17.2. The van der Waals surface area contributed by atoms with Crippen LogP contribution in [0.5, 0.6) is 0 Å². The van der Waals surface area contributed by atoms with Crippen molar-refractivity contribution in [1.29, 1.82) is 5.26 Å². The normalized spacial score (nSPS) is 15.9. The smallest absolute Gasteiger partial charge is 0.243 e. The molecule has 1 saturated heterocycles. The third-order valence-electron chi connectivity index (χ3n) is 3.87. The standard InChI is InChI=1S/C16H15FN4O2S/c17-14-2-1-3-15(11-14)24(22,23)21-8-6-20(7-9-21)16-10-13(12-18)4-5-19-16/h1-5,10-11H,6-9H2. The highest BCUT2D eigenvalue weighted by molar-refractivity contribution is 7.89. The predicted octanol–water partition coefficient (Wildman–Crippen LogP) is 1.60. The number of sulfonamides is 1. The number of nitriles is 1. The molecule has 0 radical (unpaired) electrons. The Kier molecular flexibility index (Phi) is 4.46. The molecule has 2 aromatic rings. The minimum absolute atomic E-state index is 0.0412. The Bertz CT molecular complexity index is 887. The molecule has 0 N–H and O–H groups in total. The lowest BCUT2D eigenvalue weighted by atomic mass is 10.2. The number of aromatic nitrogens is 1. The minimum Gasteiger partial charge on any atom is -0.354 e. The zero-order valence-corrected chi connectivity index (χ0v) is 13.6. The number of hydrogen-bond acceptors (Lipinski definition) is 5. The van der Waals surface area contributed by atoms with E-state index >= 15 is 0 Å². The quantitative estimate of drug-likeness (QED) is 0.844. The molecule has 1 aliphatic rings. The molecule has 1 aliphatic heterocycles. The lowest BCUT2D eigenvalue weighted by Crippen LogP contribution is -2.48. The summed E-state index contributed by atoms with van der Waals surface area (Å²) in [5, 5.41) is 8.94. The van der Waals surface area contributed by atoms with Crippen LogP contribution in [0, 0.1) is 17.1 Å². The number of nitrogens with zero attached hydrogens (tertiary/aromatic N) is 4. The average molecular weight is 346 g/mol. The van der Waals surface area contributed by atoms with Crippen molar-refractivity contribution in [3.05, 3.63) is 54.0 Å². The van der Waals surface area contributed by atoms with Gasteiger partial charge in [0, 0.05) is 32.4 Å². The molecule has 0 atom stereocenters. The van der Waals surface area contributed by atoms with E-state index in [9.17, 15) is 12.8 Å². The van der Waals surface area contributed by atoms with Gasteiger partial charge in [-0.25, -0.2) is 17.8 Å². The largest absolute Gasteiger partial charge is 0.354 e. The summed E-state index contributed by atoms with van der Waals surface area (Å²) in [6, 6.07) is 10.4. The minimum atomic E-state index is -3.71. The van der Waals surface area contributed by atoms with Gasteiger partial charge in [-0.05, 0) is 30.3 Å². The van der Waals surface area contributed by atoms with E-state index in [-0.39, 0.29) is 18.0 Å². The van der Waals surface area contributed by atoms with Gasteiger partial charge in [0.1, 0.15) is 11.6 Å². The lowest BCUT2D eigenvalue weighted by molar-refractivity contribution is 0.383. The molecule has 0 bridgehead atoms. The fourth-order valence-corrected chi connectivity index (χ4v) is 4.05. The highest BCUT2D eigenvalue weighted by atomic mass is 32.2. The van der Waals surface area contributed by atoms with E-state index in [4.69, 9.17) is 5.26 Å².